The van der Waals surface area contributed by atoms with Crippen molar-refractivity contribution in [3.05, 3.63) is 47.5 Å². The lowest BCUT2D eigenvalue weighted by atomic mass is 10.1. The fourth-order valence-corrected chi connectivity index (χ4v) is 4.61. The van der Waals surface area contributed by atoms with Gasteiger partial charge in [0.25, 0.3) is 5.91 Å². The third kappa shape index (κ3) is 10.1. The Bertz CT molecular complexity index is 976. The first-order valence-electron chi connectivity index (χ1n) is 12.2. The highest BCUT2D eigenvalue weighted by Gasteiger charge is 2.27. The number of ether oxygens (including phenoxy) is 4. The fourth-order valence-electron chi connectivity index (χ4n) is 3.76. The van der Waals surface area contributed by atoms with E-state index in [-0.39, 0.29) is 30.4 Å². The lowest BCUT2D eigenvalue weighted by Crippen LogP contribution is -2.46. The summed E-state index contributed by atoms with van der Waals surface area (Å²) in [5, 5.41) is 3.51. The number of nitrogens with zero attached hydrogens (tertiary/aromatic N) is 2. The third-order valence-electron chi connectivity index (χ3n) is 5.75. The van der Waals surface area contributed by atoms with E-state index < -0.39 is 0 Å². The van der Waals surface area contributed by atoms with Gasteiger partial charge in [0.1, 0.15) is 5.75 Å². The number of alkyl halides is 2. The molecule has 0 aromatic heterocycles. The summed E-state index contributed by atoms with van der Waals surface area (Å²) in [6.45, 7) is 5.25. The van der Waals surface area contributed by atoms with E-state index >= 15 is 0 Å². The monoisotopic (exact) mass is 773 g/mol. The van der Waals surface area contributed by atoms with Crippen LogP contribution in [0.5, 0.6) is 23.0 Å². The molecule has 1 amide bonds. The minimum absolute atomic E-state index is 0. The van der Waals surface area contributed by atoms with E-state index in [0.29, 0.717) is 36.0 Å². The van der Waals surface area contributed by atoms with Crippen LogP contribution in [0.2, 0.25) is 0 Å². The van der Waals surface area contributed by atoms with E-state index in [1.54, 1.807) is 32.6 Å². The quantitative estimate of drug-likeness (QED) is 0.0551. The number of methoxy groups -OCH3 is 2. The predicted molar refractivity (Wildman–Crippen MR) is 173 cm³/mol. The molecule has 38 heavy (non-hydrogen) atoms. The number of hydrogen-bond donors (Lipinski definition) is 1. The van der Waals surface area contributed by atoms with Gasteiger partial charge in [-0.25, -0.2) is 0 Å². The lowest BCUT2D eigenvalue weighted by Gasteiger charge is -2.33. The van der Waals surface area contributed by atoms with E-state index in [1.165, 1.54) is 0 Å². The zero-order chi connectivity index (χ0) is 27.2. The number of carbonyl (C=O) groups is 1. The van der Waals surface area contributed by atoms with Gasteiger partial charge < -0.3 is 29.7 Å². The summed E-state index contributed by atoms with van der Waals surface area (Å²) in [4.78, 5) is 15.4. The van der Waals surface area contributed by atoms with Gasteiger partial charge in [0.15, 0.2) is 11.5 Å². The molecule has 0 bridgehead atoms. The topological polar surface area (TPSA) is 95.6 Å². The van der Waals surface area contributed by atoms with Crippen LogP contribution in [-0.4, -0.2) is 65.4 Å². The number of amides is 1. The van der Waals surface area contributed by atoms with Crippen molar-refractivity contribution in [3.63, 3.8) is 0 Å². The zero-order valence-electron chi connectivity index (χ0n) is 22.3. The van der Waals surface area contributed by atoms with E-state index in [9.17, 15) is 4.79 Å². The molecule has 212 valence electrons. The number of carbonyl (C=O) groups excluding carboxylic acids is 1. The minimum atomic E-state index is -0.0429. The second-order valence-electron chi connectivity index (χ2n) is 8.53. The Balaban J connectivity index is 0.00000722. The van der Waals surface area contributed by atoms with Crippen molar-refractivity contribution in [2.24, 2.45) is 10.9 Å². The number of benzene rings is 2. The summed E-state index contributed by atoms with van der Waals surface area (Å²) in [7, 11) is 3.14. The number of hydrogen-bond acceptors (Lipinski definition) is 7. The first-order chi connectivity index (χ1) is 17.9. The van der Waals surface area contributed by atoms with Crippen LogP contribution in [0.3, 0.4) is 0 Å². The number of rotatable bonds is 16. The van der Waals surface area contributed by atoms with Crippen molar-refractivity contribution in [1.82, 2.24) is 4.90 Å². The molecule has 2 unspecified atom stereocenters. The van der Waals surface area contributed by atoms with E-state index in [4.69, 9.17) is 24.8 Å². The third-order valence-corrected chi connectivity index (χ3v) is 8.30. The Hall–Kier alpha value is -1.67. The van der Waals surface area contributed by atoms with Gasteiger partial charge in [0.05, 0.1) is 33.6 Å². The van der Waals surface area contributed by atoms with E-state index in [1.807, 2.05) is 29.2 Å². The lowest BCUT2D eigenvalue weighted by molar-refractivity contribution is 0.0655. The van der Waals surface area contributed by atoms with Gasteiger partial charge in [-0.1, -0.05) is 45.2 Å². The number of nitrogens with two attached hydrogens (primary N) is 1. The number of halogens is 3. The summed E-state index contributed by atoms with van der Waals surface area (Å²) in [5.74, 6) is 7.41. The smallest absolute Gasteiger partial charge is 0.254 e. The zero-order valence-corrected chi connectivity index (χ0v) is 27.5. The standard InChI is InChI=1S/C27H37I2N3O5.ClH/c1-19(16-28)32(20(2)17-29)27(33)22-14-24(34-3)26(25(15-22)35-4)37-13-7-5-6-12-36-23-10-8-21(9-11-23)18-31-30;/h8-11,14-15,18-20H,5-7,12-13,16-17,30H2,1-4H3;1H. The molecular formula is C27H38ClI2N3O5. The molecule has 0 aliphatic heterocycles. The molecule has 2 N–H and O–H groups in total. The molecule has 0 aliphatic carbocycles. The fraction of sp³-hybridized carbons (Fsp3) is 0.481. The van der Waals surface area contributed by atoms with Crippen molar-refractivity contribution < 1.29 is 23.7 Å². The van der Waals surface area contributed by atoms with E-state index in [2.05, 4.69) is 64.1 Å². The summed E-state index contributed by atoms with van der Waals surface area (Å²) < 4.78 is 24.7. The average molecular weight is 774 g/mol. The maximum absolute atomic E-state index is 13.4. The van der Waals surface area contributed by atoms with Crippen LogP contribution >= 0.6 is 57.6 Å². The Morgan fingerprint density at radius 1 is 0.947 bits per heavy atom. The molecule has 0 radical (unpaired) electrons. The van der Waals surface area contributed by atoms with Gasteiger partial charge in [-0.15, -0.1) is 12.4 Å². The SMILES string of the molecule is COc1cc(C(=O)N(C(C)CI)C(C)CI)cc(OC)c1OCCCCCOc1ccc(C=NN)cc1.Cl. The Kier molecular flexibility index (Phi) is 16.8. The second-order valence-corrected chi connectivity index (χ2v) is 10.3. The van der Waals surface area contributed by atoms with Crippen molar-refractivity contribution in [2.75, 3.05) is 36.3 Å². The highest BCUT2D eigenvalue weighted by Crippen LogP contribution is 2.39. The van der Waals surface area contributed by atoms with Crippen molar-refractivity contribution in [2.45, 2.75) is 45.2 Å². The van der Waals surface area contributed by atoms with Gasteiger partial charge in [-0.2, -0.15) is 5.10 Å². The van der Waals surface area contributed by atoms with Crippen molar-refractivity contribution in [1.29, 1.82) is 0 Å². The molecule has 2 aromatic carbocycles. The van der Waals surface area contributed by atoms with Crippen LogP contribution in [0, 0.1) is 0 Å². The Morgan fingerprint density at radius 3 is 1.95 bits per heavy atom. The first kappa shape index (κ1) is 34.4. The maximum atomic E-state index is 13.4. The van der Waals surface area contributed by atoms with Crippen LogP contribution in [0.1, 0.15) is 49.0 Å². The van der Waals surface area contributed by atoms with Gasteiger partial charge in [-0.05, 0) is 75.1 Å². The molecular weight excluding hydrogens is 736 g/mol. The van der Waals surface area contributed by atoms with Gasteiger partial charge in [-0.3, -0.25) is 4.79 Å². The van der Waals surface area contributed by atoms with Crippen molar-refractivity contribution >= 4 is 69.7 Å². The second kappa shape index (κ2) is 18.6. The van der Waals surface area contributed by atoms with Crippen LogP contribution in [0.15, 0.2) is 41.5 Å². The molecule has 2 aromatic rings. The molecule has 8 nitrogen and oxygen atoms in total. The Labute approximate surface area is 259 Å². The first-order valence-corrected chi connectivity index (χ1v) is 15.2. The predicted octanol–water partition coefficient (Wildman–Crippen LogP) is 6.14. The molecule has 0 saturated carbocycles. The molecule has 0 aliphatic rings. The molecule has 11 heteroatoms. The number of unbranched alkanes of at least 4 members (excludes halogenated alkanes) is 2. The highest BCUT2D eigenvalue weighted by molar-refractivity contribution is 14.1. The van der Waals surface area contributed by atoms with Gasteiger partial charge in [0.2, 0.25) is 5.75 Å². The number of hydrazone groups is 1. The Morgan fingerprint density at radius 2 is 1.47 bits per heavy atom. The summed E-state index contributed by atoms with van der Waals surface area (Å²) in [6, 6.07) is 11.3. The van der Waals surface area contributed by atoms with Crippen LogP contribution in [0.4, 0.5) is 0 Å². The maximum Gasteiger partial charge on any atom is 0.254 e. The summed E-state index contributed by atoms with van der Waals surface area (Å²) in [5.41, 5.74) is 1.45. The molecule has 2 rings (SSSR count). The highest BCUT2D eigenvalue weighted by atomic mass is 127. The molecule has 0 saturated heterocycles. The summed E-state index contributed by atoms with van der Waals surface area (Å²) in [6.07, 6.45) is 4.27. The largest absolute Gasteiger partial charge is 0.494 e. The van der Waals surface area contributed by atoms with Crippen LogP contribution in [-0.2, 0) is 0 Å². The van der Waals surface area contributed by atoms with Crippen LogP contribution in [0.25, 0.3) is 0 Å². The molecule has 0 heterocycles. The average Bonchev–Trinajstić information content (AvgIpc) is 2.92. The minimum Gasteiger partial charge on any atom is -0.494 e. The molecule has 0 fully saturated rings. The van der Waals surface area contributed by atoms with Gasteiger partial charge in [0, 0.05) is 26.5 Å². The van der Waals surface area contributed by atoms with Gasteiger partial charge >= 0.3 is 0 Å². The van der Waals surface area contributed by atoms with Crippen LogP contribution < -0.4 is 24.8 Å². The normalized spacial score (nSPS) is 12.4. The summed E-state index contributed by atoms with van der Waals surface area (Å²) >= 11 is 4.63. The van der Waals surface area contributed by atoms with E-state index in [0.717, 1.165) is 39.4 Å². The molecule has 2 atom stereocenters. The van der Waals surface area contributed by atoms with Crippen molar-refractivity contribution in [3.8, 4) is 23.0 Å². The molecule has 0 spiro atoms.